The summed E-state index contributed by atoms with van der Waals surface area (Å²) in [6.45, 7) is 7.49. The van der Waals surface area contributed by atoms with Crippen LogP contribution in [-0.4, -0.2) is 55.6 Å². The van der Waals surface area contributed by atoms with Gasteiger partial charge >= 0.3 is 0 Å². The zero-order chi connectivity index (χ0) is 17.8. The molecule has 2 heterocycles. The second-order valence-corrected chi connectivity index (χ2v) is 7.08. The maximum absolute atomic E-state index is 12.7. The van der Waals surface area contributed by atoms with Gasteiger partial charge in [0.05, 0.1) is 13.2 Å². The minimum Gasteiger partial charge on any atom is -0.378 e. The molecule has 0 aromatic heterocycles. The van der Waals surface area contributed by atoms with Crippen LogP contribution in [0, 0.1) is 12.8 Å². The van der Waals surface area contributed by atoms with Crippen molar-refractivity contribution >= 4 is 29.9 Å². The number of halogens is 1. The zero-order valence-electron chi connectivity index (χ0n) is 15.4. The van der Waals surface area contributed by atoms with Crippen LogP contribution in [0.1, 0.15) is 35.7 Å². The van der Waals surface area contributed by atoms with Crippen LogP contribution in [0.15, 0.2) is 18.2 Å². The largest absolute Gasteiger partial charge is 0.378 e. The van der Waals surface area contributed by atoms with Crippen molar-refractivity contribution in [2.45, 2.75) is 32.7 Å². The Morgan fingerprint density at radius 2 is 2.00 bits per heavy atom. The molecule has 1 aromatic carbocycles. The van der Waals surface area contributed by atoms with Gasteiger partial charge in [0.1, 0.15) is 6.04 Å². The average molecular weight is 382 g/mol. The van der Waals surface area contributed by atoms with E-state index in [9.17, 15) is 9.59 Å². The van der Waals surface area contributed by atoms with Gasteiger partial charge in [-0.1, -0.05) is 6.92 Å². The van der Waals surface area contributed by atoms with Crippen molar-refractivity contribution in [1.29, 1.82) is 0 Å². The van der Waals surface area contributed by atoms with Gasteiger partial charge in [-0.3, -0.25) is 9.59 Å². The molecule has 2 amide bonds. The number of nitrogens with one attached hydrogen (secondary N) is 2. The lowest BCUT2D eigenvalue weighted by molar-refractivity contribution is -0.120. The van der Waals surface area contributed by atoms with Crippen LogP contribution in [-0.2, 0) is 9.53 Å². The Labute approximate surface area is 161 Å². The van der Waals surface area contributed by atoms with E-state index >= 15 is 0 Å². The third kappa shape index (κ3) is 4.96. The van der Waals surface area contributed by atoms with E-state index in [0.29, 0.717) is 31.2 Å². The smallest absolute Gasteiger partial charge is 0.253 e. The number of benzene rings is 1. The summed E-state index contributed by atoms with van der Waals surface area (Å²) in [5, 5.41) is 6.06. The van der Waals surface area contributed by atoms with E-state index in [0.717, 1.165) is 37.2 Å². The lowest BCUT2D eigenvalue weighted by atomic mass is 9.98. The summed E-state index contributed by atoms with van der Waals surface area (Å²) in [6.07, 6.45) is 2.13. The van der Waals surface area contributed by atoms with Crippen molar-refractivity contribution in [1.82, 2.24) is 10.2 Å². The number of morpholine rings is 1. The SMILES string of the molecule is Cc1cc(C(=O)N2CCC(C)CC2)ccc1NC(=O)C1COCCN1.Cl. The van der Waals surface area contributed by atoms with Crippen LogP contribution in [0.3, 0.4) is 0 Å². The number of nitrogens with zero attached hydrogens (tertiary/aromatic N) is 1. The highest BCUT2D eigenvalue weighted by molar-refractivity contribution is 5.98. The molecule has 0 radical (unpaired) electrons. The number of rotatable bonds is 3. The lowest BCUT2D eigenvalue weighted by Gasteiger charge is -2.30. The van der Waals surface area contributed by atoms with Crippen molar-refractivity contribution < 1.29 is 14.3 Å². The maximum atomic E-state index is 12.7. The number of likely N-dealkylation sites (tertiary alicyclic amines) is 1. The van der Waals surface area contributed by atoms with Gasteiger partial charge in [0.2, 0.25) is 5.91 Å². The van der Waals surface area contributed by atoms with Crippen LogP contribution in [0.2, 0.25) is 0 Å². The number of anilines is 1. The van der Waals surface area contributed by atoms with Gasteiger partial charge < -0.3 is 20.3 Å². The monoisotopic (exact) mass is 381 g/mol. The van der Waals surface area contributed by atoms with E-state index in [4.69, 9.17) is 4.74 Å². The van der Waals surface area contributed by atoms with Gasteiger partial charge in [-0.05, 0) is 49.4 Å². The molecule has 144 valence electrons. The molecule has 1 atom stereocenters. The first-order chi connectivity index (χ1) is 12.0. The molecule has 0 aliphatic carbocycles. The van der Waals surface area contributed by atoms with Crippen molar-refractivity contribution in [3.8, 4) is 0 Å². The second-order valence-electron chi connectivity index (χ2n) is 7.08. The molecule has 1 unspecified atom stereocenters. The van der Waals surface area contributed by atoms with Crippen LogP contribution in [0.5, 0.6) is 0 Å². The fraction of sp³-hybridized carbons (Fsp3) is 0.579. The predicted molar refractivity (Wildman–Crippen MR) is 104 cm³/mol. The molecular weight excluding hydrogens is 354 g/mol. The third-order valence-corrected chi connectivity index (χ3v) is 5.04. The van der Waals surface area contributed by atoms with Gasteiger partial charge in [0, 0.05) is 30.9 Å². The van der Waals surface area contributed by atoms with Gasteiger partial charge in [0.25, 0.3) is 5.91 Å². The fourth-order valence-electron chi connectivity index (χ4n) is 3.28. The number of piperidine rings is 1. The van der Waals surface area contributed by atoms with Crippen LogP contribution in [0.25, 0.3) is 0 Å². The lowest BCUT2D eigenvalue weighted by Crippen LogP contribution is -2.48. The standard InChI is InChI=1S/C19H27N3O3.ClH/c1-13-5-8-22(9-6-13)19(24)15-3-4-16(14(2)11-15)21-18(23)17-12-25-10-7-20-17;/h3-4,11,13,17,20H,5-10,12H2,1-2H3,(H,21,23);1H. The minimum atomic E-state index is -0.329. The summed E-state index contributed by atoms with van der Waals surface area (Å²) in [7, 11) is 0. The molecule has 3 rings (SSSR count). The molecule has 0 spiro atoms. The average Bonchev–Trinajstić information content (AvgIpc) is 2.64. The molecule has 7 heteroatoms. The van der Waals surface area contributed by atoms with Crippen LogP contribution >= 0.6 is 12.4 Å². The molecule has 0 saturated carbocycles. The molecule has 1 aromatic rings. The quantitative estimate of drug-likeness (QED) is 0.842. The third-order valence-electron chi connectivity index (χ3n) is 5.04. The Kier molecular flexibility index (Phi) is 7.43. The first kappa shape index (κ1) is 20.7. The van der Waals surface area contributed by atoms with Gasteiger partial charge in [0.15, 0.2) is 0 Å². The van der Waals surface area contributed by atoms with E-state index in [1.54, 1.807) is 6.07 Å². The Morgan fingerprint density at radius 1 is 1.27 bits per heavy atom. The van der Waals surface area contributed by atoms with E-state index in [1.807, 2.05) is 24.0 Å². The highest BCUT2D eigenvalue weighted by Gasteiger charge is 2.23. The topological polar surface area (TPSA) is 70.7 Å². The number of carbonyl (C=O) groups excluding carboxylic acids is 2. The number of ether oxygens (including phenoxy) is 1. The highest BCUT2D eigenvalue weighted by Crippen LogP contribution is 2.21. The molecule has 2 fully saturated rings. The number of carbonyl (C=O) groups is 2. The van der Waals surface area contributed by atoms with Gasteiger partial charge in [-0.15, -0.1) is 12.4 Å². The van der Waals surface area contributed by atoms with Gasteiger partial charge in [-0.2, -0.15) is 0 Å². The van der Waals surface area contributed by atoms with E-state index < -0.39 is 0 Å². The first-order valence-electron chi connectivity index (χ1n) is 9.06. The molecule has 2 aliphatic rings. The van der Waals surface area contributed by atoms with Crippen molar-refractivity contribution in [3.63, 3.8) is 0 Å². The van der Waals surface area contributed by atoms with E-state index in [1.165, 1.54) is 0 Å². The Morgan fingerprint density at radius 3 is 2.62 bits per heavy atom. The molecule has 26 heavy (non-hydrogen) atoms. The molecule has 2 saturated heterocycles. The predicted octanol–water partition coefficient (Wildman–Crippen LogP) is 2.22. The van der Waals surface area contributed by atoms with Crippen LogP contribution in [0.4, 0.5) is 5.69 Å². The summed E-state index contributed by atoms with van der Waals surface area (Å²) in [5.74, 6) is 0.669. The second kappa shape index (κ2) is 9.35. The van der Waals surface area contributed by atoms with Crippen LogP contribution < -0.4 is 10.6 Å². The minimum absolute atomic E-state index is 0. The maximum Gasteiger partial charge on any atom is 0.253 e. The van der Waals surface area contributed by atoms with Crippen molar-refractivity contribution in [3.05, 3.63) is 29.3 Å². The molecule has 2 N–H and O–H groups in total. The number of hydrogen-bond acceptors (Lipinski definition) is 4. The highest BCUT2D eigenvalue weighted by atomic mass is 35.5. The Bertz CT molecular complexity index is 639. The number of hydrogen-bond donors (Lipinski definition) is 2. The Balaban J connectivity index is 0.00000243. The molecule has 0 bridgehead atoms. The van der Waals surface area contributed by atoms with Gasteiger partial charge in [-0.25, -0.2) is 0 Å². The molecular formula is C19H28ClN3O3. The Hall–Kier alpha value is -1.63. The van der Waals surface area contributed by atoms with Crippen molar-refractivity contribution in [2.75, 3.05) is 38.2 Å². The van der Waals surface area contributed by atoms with E-state index in [-0.39, 0.29) is 30.3 Å². The number of amides is 2. The van der Waals surface area contributed by atoms with Crippen molar-refractivity contribution in [2.24, 2.45) is 5.92 Å². The molecule has 6 nitrogen and oxygen atoms in total. The fourth-order valence-corrected chi connectivity index (χ4v) is 3.28. The summed E-state index contributed by atoms with van der Waals surface area (Å²) >= 11 is 0. The normalized spacial score (nSPS) is 21.0. The summed E-state index contributed by atoms with van der Waals surface area (Å²) in [4.78, 5) is 26.9. The summed E-state index contributed by atoms with van der Waals surface area (Å²) < 4.78 is 5.32. The molecule has 2 aliphatic heterocycles. The first-order valence-corrected chi connectivity index (χ1v) is 9.06. The van der Waals surface area contributed by atoms with E-state index in [2.05, 4.69) is 17.6 Å². The summed E-state index contributed by atoms with van der Waals surface area (Å²) in [6, 6.07) is 5.15. The summed E-state index contributed by atoms with van der Waals surface area (Å²) in [5.41, 5.74) is 2.31. The number of aryl methyl sites for hydroxylation is 1. The zero-order valence-corrected chi connectivity index (χ0v) is 16.2.